The Morgan fingerprint density at radius 2 is 1.32 bits per heavy atom. The molecule has 0 spiro atoms. The van der Waals surface area contributed by atoms with Crippen LogP contribution in [0.4, 0.5) is 0 Å². The van der Waals surface area contributed by atoms with Crippen LogP contribution in [0.5, 0.6) is 0 Å². The molecule has 0 aromatic carbocycles. The smallest absolute Gasteiger partial charge is 0.549 e. The Morgan fingerprint density at radius 1 is 0.920 bits per heavy atom. The molecule has 0 aliphatic carbocycles. The zero-order valence-electron chi connectivity index (χ0n) is 15.2. The molecule has 0 aromatic heterocycles. The van der Waals surface area contributed by atoms with Crippen LogP contribution in [0.2, 0.25) is 0 Å². The van der Waals surface area contributed by atoms with E-state index in [1.54, 1.807) is 0 Å². The van der Waals surface area contributed by atoms with Crippen LogP contribution in [0, 0.1) is 5.41 Å². The second kappa shape index (κ2) is 13.3. The largest absolute Gasteiger partial charge is 2.00 e. The van der Waals surface area contributed by atoms with Gasteiger partial charge in [0.25, 0.3) is 10.1 Å². The molecular weight excluding hydrogens is 376 g/mol. The summed E-state index contributed by atoms with van der Waals surface area (Å²) in [5, 5.41) is 20.6. The first kappa shape index (κ1) is 27.3. The Bertz CT molecular complexity index is 493. The standard InChI is InChI=1S/C16H30O7S.Ca/c1-3-5-7-9-11-16(15(19)20,12-10-8-6-4-2)13(14(17)18)24(21,22)23;/h13H,3-12H2,1-2H3,(H,17,18)(H,19,20)(H,21,22,23);/q;+2/p-2. The molecule has 0 rings (SSSR count). The van der Waals surface area contributed by atoms with Gasteiger partial charge in [0, 0.05) is 11.4 Å². The normalized spacial score (nSPS) is 13.1. The number of carboxylic acids is 2. The fourth-order valence-corrected chi connectivity index (χ4v) is 4.21. The third-order valence-electron chi connectivity index (χ3n) is 4.37. The maximum Gasteiger partial charge on any atom is 2.00 e. The molecule has 0 saturated carbocycles. The van der Waals surface area contributed by atoms with Gasteiger partial charge in [-0.25, -0.2) is 0 Å². The predicted octanol–water partition coefficient (Wildman–Crippen LogP) is 0.289. The van der Waals surface area contributed by atoms with Crippen LogP contribution in [0.15, 0.2) is 0 Å². The quantitative estimate of drug-likeness (QED) is 0.250. The van der Waals surface area contributed by atoms with Crippen molar-refractivity contribution >= 4 is 59.8 Å². The van der Waals surface area contributed by atoms with Crippen molar-refractivity contribution in [2.24, 2.45) is 5.41 Å². The molecule has 142 valence electrons. The molecule has 0 aliphatic heterocycles. The van der Waals surface area contributed by atoms with Gasteiger partial charge in [0.05, 0.1) is 5.97 Å². The predicted molar refractivity (Wildman–Crippen MR) is 91.1 cm³/mol. The molecule has 1 N–H and O–H groups in total. The first-order chi connectivity index (χ1) is 11.1. The number of rotatable bonds is 14. The van der Waals surface area contributed by atoms with Crippen molar-refractivity contribution in [2.45, 2.75) is 83.3 Å². The molecule has 0 aliphatic rings. The van der Waals surface area contributed by atoms with E-state index < -0.39 is 32.7 Å². The van der Waals surface area contributed by atoms with E-state index in [1.807, 2.05) is 13.8 Å². The van der Waals surface area contributed by atoms with E-state index in [9.17, 15) is 32.8 Å². The molecule has 25 heavy (non-hydrogen) atoms. The number of carbonyl (C=O) groups excluding carboxylic acids is 2. The van der Waals surface area contributed by atoms with E-state index in [-0.39, 0.29) is 50.6 Å². The van der Waals surface area contributed by atoms with Gasteiger partial charge >= 0.3 is 37.7 Å². The van der Waals surface area contributed by atoms with Crippen LogP contribution >= 0.6 is 0 Å². The Kier molecular flexibility index (Phi) is 14.5. The summed E-state index contributed by atoms with van der Waals surface area (Å²) in [5.41, 5.74) is -2.17. The topological polar surface area (TPSA) is 135 Å². The molecule has 0 amide bonds. The van der Waals surface area contributed by atoms with E-state index in [0.717, 1.165) is 25.7 Å². The number of unbranched alkanes of at least 4 members (excludes halogenated alkanes) is 6. The van der Waals surface area contributed by atoms with E-state index in [4.69, 9.17) is 0 Å². The summed E-state index contributed by atoms with van der Waals surface area (Å²) >= 11 is 0. The van der Waals surface area contributed by atoms with Crippen molar-refractivity contribution in [3.05, 3.63) is 0 Å². The van der Waals surface area contributed by atoms with Gasteiger partial charge in [-0.2, -0.15) is 8.42 Å². The number of hydrogen-bond donors (Lipinski definition) is 1. The first-order valence-electron chi connectivity index (χ1n) is 8.52. The molecule has 1 unspecified atom stereocenters. The minimum atomic E-state index is -5.14. The van der Waals surface area contributed by atoms with Crippen molar-refractivity contribution in [3.8, 4) is 0 Å². The van der Waals surface area contributed by atoms with Crippen molar-refractivity contribution in [2.75, 3.05) is 0 Å². The second-order valence-corrected chi connectivity index (χ2v) is 7.78. The molecule has 0 saturated heterocycles. The zero-order chi connectivity index (χ0) is 18.8. The van der Waals surface area contributed by atoms with Gasteiger partial charge in [-0.1, -0.05) is 65.2 Å². The van der Waals surface area contributed by atoms with Crippen molar-refractivity contribution in [1.82, 2.24) is 0 Å². The molecular formula is C16H28CaO7S. The van der Waals surface area contributed by atoms with Gasteiger partial charge in [-0.3, -0.25) is 4.55 Å². The number of carboxylic acid groups (broad SMARTS) is 2. The summed E-state index contributed by atoms with van der Waals surface area (Å²) < 4.78 is 32.4. The number of carbonyl (C=O) groups is 2. The molecule has 1 atom stereocenters. The van der Waals surface area contributed by atoms with Crippen LogP contribution in [0.25, 0.3) is 0 Å². The van der Waals surface area contributed by atoms with Crippen molar-refractivity contribution in [1.29, 1.82) is 0 Å². The third kappa shape index (κ3) is 9.04. The molecule has 0 heterocycles. The summed E-state index contributed by atoms with van der Waals surface area (Å²) in [4.78, 5) is 23.1. The molecule has 0 radical (unpaired) electrons. The van der Waals surface area contributed by atoms with Crippen LogP contribution in [0.1, 0.15) is 78.1 Å². The van der Waals surface area contributed by atoms with Crippen LogP contribution in [-0.2, 0) is 19.7 Å². The average molecular weight is 405 g/mol. The van der Waals surface area contributed by atoms with E-state index in [2.05, 4.69) is 0 Å². The Morgan fingerprint density at radius 3 is 1.56 bits per heavy atom. The Balaban J connectivity index is 0. The van der Waals surface area contributed by atoms with Crippen LogP contribution in [0.3, 0.4) is 0 Å². The number of aliphatic carboxylic acids is 2. The molecule has 0 aromatic rings. The molecule has 9 heteroatoms. The Labute approximate surface area is 180 Å². The maximum atomic E-state index is 11.8. The summed E-state index contributed by atoms with van der Waals surface area (Å²) in [7, 11) is -5.14. The monoisotopic (exact) mass is 404 g/mol. The molecule has 7 nitrogen and oxygen atoms in total. The summed E-state index contributed by atoms with van der Waals surface area (Å²) in [6.07, 6.45) is 5.02. The van der Waals surface area contributed by atoms with Crippen LogP contribution in [-0.4, -0.2) is 67.9 Å². The minimum Gasteiger partial charge on any atom is -0.549 e. The van der Waals surface area contributed by atoms with Crippen LogP contribution < -0.4 is 10.2 Å². The van der Waals surface area contributed by atoms with Gasteiger partial charge in [-0.05, 0) is 12.8 Å². The number of hydrogen-bond acceptors (Lipinski definition) is 6. The SMILES string of the molecule is CCCCCCC(CCCCCC)(C(=O)[O-])C(C(=O)[O-])S(=O)(=O)O.[Ca+2]. The Hall–Kier alpha value is 0.110. The maximum absolute atomic E-state index is 11.8. The van der Waals surface area contributed by atoms with Gasteiger partial charge in [0.15, 0.2) is 0 Å². The minimum absolute atomic E-state index is 0. The summed E-state index contributed by atoms with van der Waals surface area (Å²) in [5.74, 6) is -3.87. The third-order valence-corrected chi connectivity index (χ3v) is 5.61. The van der Waals surface area contributed by atoms with E-state index in [0.29, 0.717) is 25.7 Å². The molecule has 0 bridgehead atoms. The summed E-state index contributed by atoms with van der Waals surface area (Å²) in [6, 6.07) is 0. The van der Waals surface area contributed by atoms with Gasteiger partial charge in [0.1, 0.15) is 5.25 Å². The van der Waals surface area contributed by atoms with Gasteiger partial charge < -0.3 is 19.8 Å². The average Bonchev–Trinajstić information content (AvgIpc) is 2.45. The van der Waals surface area contributed by atoms with Crippen molar-refractivity contribution < 1.29 is 32.8 Å². The van der Waals surface area contributed by atoms with Crippen molar-refractivity contribution in [3.63, 3.8) is 0 Å². The fraction of sp³-hybridized carbons (Fsp3) is 0.875. The van der Waals surface area contributed by atoms with Gasteiger partial charge in [-0.15, -0.1) is 0 Å². The van der Waals surface area contributed by atoms with Gasteiger partial charge in [0.2, 0.25) is 0 Å². The zero-order valence-corrected chi connectivity index (χ0v) is 18.2. The fourth-order valence-electron chi connectivity index (χ4n) is 3.07. The summed E-state index contributed by atoms with van der Waals surface area (Å²) in [6.45, 7) is 3.91. The molecule has 0 fully saturated rings. The second-order valence-electron chi connectivity index (χ2n) is 6.28. The van der Waals surface area contributed by atoms with E-state index >= 15 is 0 Å². The first-order valence-corrected chi connectivity index (χ1v) is 10.0. The van der Waals surface area contributed by atoms with E-state index in [1.165, 1.54) is 0 Å².